The van der Waals surface area contributed by atoms with Crippen LogP contribution in [-0.2, 0) is 12.8 Å². The van der Waals surface area contributed by atoms with Gasteiger partial charge in [0.15, 0.2) is 5.43 Å². The first-order chi connectivity index (χ1) is 15.1. The maximum absolute atomic E-state index is 12.6. The van der Waals surface area contributed by atoms with E-state index < -0.39 is 11.5 Å². The maximum atomic E-state index is 12.6. The number of aliphatic hydroxyl groups is 1. The molecule has 6 nitrogen and oxygen atoms in total. The zero-order chi connectivity index (χ0) is 23.6. The van der Waals surface area contributed by atoms with Crippen molar-refractivity contribution < 1.29 is 24.8 Å². The van der Waals surface area contributed by atoms with Gasteiger partial charge in [0.05, 0.1) is 6.10 Å². The van der Waals surface area contributed by atoms with Crippen molar-refractivity contribution in [3.05, 3.63) is 75.5 Å². The van der Waals surface area contributed by atoms with Crippen molar-refractivity contribution in [2.75, 3.05) is 0 Å². The molecule has 0 fully saturated rings. The third-order valence-electron chi connectivity index (χ3n) is 5.30. The van der Waals surface area contributed by atoms with E-state index >= 15 is 0 Å². The smallest absolute Gasteiger partial charge is 0.197 e. The summed E-state index contributed by atoms with van der Waals surface area (Å²) in [5.41, 5.74) is 3.04. The number of fused-ring (bicyclic) bond motifs is 1. The van der Waals surface area contributed by atoms with Crippen LogP contribution in [-0.4, -0.2) is 26.5 Å². The summed E-state index contributed by atoms with van der Waals surface area (Å²) in [7, 11) is 0. The Morgan fingerprint density at radius 3 is 2.41 bits per heavy atom. The number of aromatic hydroxyl groups is 3. The summed E-state index contributed by atoms with van der Waals surface area (Å²) < 4.78 is 5.84. The fourth-order valence-electron chi connectivity index (χ4n) is 3.54. The normalized spacial score (nSPS) is 12.0. The van der Waals surface area contributed by atoms with Crippen LogP contribution >= 0.6 is 0 Å². The minimum absolute atomic E-state index is 0.0213. The SMILES string of the molecule is C=C(C)C(O)Cc1cc(-c2cc(=O)c3c(O)cc(O)cc3o2)cc(CCC=C(C)C)c1O. The third-order valence-corrected chi connectivity index (χ3v) is 5.30. The number of benzene rings is 2. The molecule has 0 amide bonds. The van der Waals surface area contributed by atoms with Crippen molar-refractivity contribution in [3.63, 3.8) is 0 Å². The van der Waals surface area contributed by atoms with Crippen molar-refractivity contribution in [2.24, 2.45) is 0 Å². The van der Waals surface area contributed by atoms with E-state index in [2.05, 4.69) is 12.7 Å². The van der Waals surface area contributed by atoms with Crippen LogP contribution in [0.15, 0.2) is 63.3 Å². The zero-order valence-electron chi connectivity index (χ0n) is 18.5. The van der Waals surface area contributed by atoms with Gasteiger partial charge in [-0.15, -0.1) is 0 Å². The van der Waals surface area contributed by atoms with Gasteiger partial charge in [-0.05, 0) is 56.9 Å². The topological polar surface area (TPSA) is 111 Å². The number of rotatable bonds is 7. The summed E-state index contributed by atoms with van der Waals surface area (Å²) in [6.07, 6.45) is 2.66. The molecule has 3 rings (SSSR count). The van der Waals surface area contributed by atoms with Gasteiger partial charge in [-0.3, -0.25) is 4.79 Å². The number of phenolic OH excluding ortho intramolecular Hbond substituents is 3. The zero-order valence-corrected chi connectivity index (χ0v) is 18.5. The van der Waals surface area contributed by atoms with Crippen LogP contribution < -0.4 is 5.43 Å². The largest absolute Gasteiger partial charge is 0.508 e. The molecule has 0 saturated carbocycles. The molecule has 1 atom stereocenters. The highest BCUT2D eigenvalue weighted by Gasteiger charge is 2.18. The monoisotopic (exact) mass is 436 g/mol. The van der Waals surface area contributed by atoms with E-state index in [0.29, 0.717) is 35.1 Å². The molecule has 1 aromatic heterocycles. The highest BCUT2D eigenvalue weighted by Crippen LogP contribution is 2.35. The second-order valence-electron chi connectivity index (χ2n) is 8.34. The lowest BCUT2D eigenvalue weighted by Crippen LogP contribution is -2.12. The first-order valence-corrected chi connectivity index (χ1v) is 10.4. The lowest BCUT2D eigenvalue weighted by molar-refractivity contribution is 0.210. The molecule has 0 radical (unpaired) electrons. The minimum Gasteiger partial charge on any atom is -0.508 e. The summed E-state index contributed by atoms with van der Waals surface area (Å²) in [4.78, 5) is 12.6. The molecule has 168 valence electrons. The summed E-state index contributed by atoms with van der Waals surface area (Å²) in [6.45, 7) is 9.48. The van der Waals surface area contributed by atoms with Crippen molar-refractivity contribution in [1.82, 2.24) is 0 Å². The highest BCUT2D eigenvalue weighted by atomic mass is 16.3. The standard InChI is InChI=1S/C26H28O6/c1-14(2)6-5-7-16-8-17(9-18(26(16)31)10-20(28)15(3)4)23-13-22(30)25-21(29)11-19(27)12-24(25)32-23/h6,8-9,11-13,20,27-29,31H,3,5,7,10H2,1-2,4H3. The van der Waals surface area contributed by atoms with E-state index in [4.69, 9.17) is 4.42 Å². The van der Waals surface area contributed by atoms with Gasteiger partial charge in [0, 0.05) is 30.2 Å². The van der Waals surface area contributed by atoms with Crippen molar-refractivity contribution in [3.8, 4) is 28.6 Å². The number of aryl methyl sites for hydroxylation is 1. The van der Waals surface area contributed by atoms with E-state index in [1.54, 1.807) is 19.1 Å². The predicted octanol–water partition coefficient (Wildman–Crippen LogP) is 4.96. The third kappa shape index (κ3) is 5.03. The molecule has 1 unspecified atom stereocenters. The fourth-order valence-corrected chi connectivity index (χ4v) is 3.54. The molecule has 6 heteroatoms. The van der Waals surface area contributed by atoms with Gasteiger partial charge >= 0.3 is 0 Å². The molecule has 0 aliphatic carbocycles. The Labute approximate surface area is 186 Å². The van der Waals surface area contributed by atoms with Gasteiger partial charge in [-0.2, -0.15) is 0 Å². The second-order valence-corrected chi connectivity index (χ2v) is 8.34. The summed E-state index contributed by atoms with van der Waals surface area (Å²) in [5, 5.41) is 40.9. The molecule has 2 aromatic carbocycles. The van der Waals surface area contributed by atoms with Crippen LogP contribution in [0.5, 0.6) is 17.2 Å². The van der Waals surface area contributed by atoms with E-state index in [9.17, 15) is 25.2 Å². The Morgan fingerprint density at radius 1 is 1.06 bits per heavy atom. The van der Waals surface area contributed by atoms with Gasteiger partial charge in [0.2, 0.25) is 0 Å². The minimum atomic E-state index is -0.834. The highest BCUT2D eigenvalue weighted by molar-refractivity contribution is 5.86. The molecule has 0 spiro atoms. The van der Waals surface area contributed by atoms with Crippen LogP contribution in [0.1, 0.15) is 38.3 Å². The number of allylic oxidation sites excluding steroid dienone is 2. The molecule has 32 heavy (non-hydrogen) atoms. The Morgan fingerprint density at radius 2 is 1.75 bits per heavy atom. The molecule has 3 aromatic rings. The Kier molecular flexibility index (Phi) is 6.75. The van der Waals surface area contributed by atoms with Gasteiger partial charge in [0.25, 0.3) is 0 Å². The van der Waals surface area contributed by atoms with E-state index in [0.717, 1.165) is 6.07 Å². The van der Waals surface area contributed by atoms with Crippen LogP contribution in [0.2, 0.25) is 0 Å². The first kappa shape index (κ1) is 23.2. The summed E-state index contributed by atoms with van der Waals surface area (Å²) in [5.74, 6) is -0.274. The van der Waals surface area contributed by atoms with Crippen LogP contribution in [0.25, 0.3) is 22.3 Å². The number of aliphatic hydroxyl groups excluding tert-OH is 1. The van der Waals surface area contributed by atoms with Gasteiger partial charge < -0.3 is 24.8 Å². The lowest BCUT2D eigenvalue weighted by Gasteiger charge is -2.16. The average Bonchev–Trinajstić information content (AvgIpc) is 2.69. The number of hydrogen-bond acceptors (Lipinski definition) is 6. The molecule has 1 heterocycles. The van der Waals surface area contributed by atoms with Crippen LogP contribution in [0.4, 0.5) is 0 Å². The Hall–Kier alpha value is -3.51. The van der Waals surface area contributed by atoms with Crippen molar-refractivity contribution >= 4 is 11.0 Å². The summed E-state index contributed by atoms with van der Waals surface area (Å²) >= 11 is 0. The molecule has 0 saturated heterocycles. The molecule has 0 aliphatic heterocycles. The Balaban J connectivity index is 2.17. The Bertz CT molecular complexity index is 1260. The van der Waals surface area contributed by atoms with E-state index in [-0.39, 0.29) is 40.4 Å². The van der Waals surface area contributed by atoms with Gasteiger partial charge in [0.1, 0.15) is 34.0 Å². The lowest BCUT2D eigenvalue weighted by atomic mass is 9.94. The van der Waals surface area contributed by atoms with Crippen LogP contribution in [0, 0.1) is 0 Å². The molecule has 0 aliphatic rings. The molecule has 0 bridgehead atoms. The maximum Gasteiger partial charge on any atom is 0.197 e. The van der Waals surface area contributed by atoms with E-state index in [1.807, 2.05) is 13.8 Å². The predicted molar refractivity (Wildman–Crippen MR) is 125 cm³/mol. The quantitative estimate of drug-likeness (QED) is 0.390. The van der Waals surface area contributed by atoms with Gasteiger partial charge in [-0.25, -0.2) is 0 Å². The summed E-state index contributed by atoms with van der Waals surface area (Å²) in [6, 6.07) is 7.03. The first-order valence-electron chi connectivity index (χ1n) is 10.4. The number of phenols is 3. The van der Waals surface area contributed by atoms with Crippen molar-refractivity contribution in [2.45, 2.75) is 46.1 Å². The number of hydrogen-bond donors (Lipinski definition) is 4. The molecule has 4 N–H and O–H groups in total. The van der Waals surface area contributed by atoms with Crippen LogP contribution in [0.3, 0.4) is 0 Å². The second kappa shape index (κ2) is 9.32. The van der Waals surface area contributed by atoms with Crippen molar-refractivity contribution in [1.29, 1.82) is 0 Å². The molecular weight excluding hydrogens is 408 g/mol. The van der Waals surface area contributed by atoms with E-state index in [1.165, 1.54) is 17.7 Å². The molecular formula is C26H28O6. The van der Waals surface area contributed by atoms with Gasteiger partial charge in [-0.1, -0.05) is 23.8 Å². The average molecular weight is 437 g/mol. The fraction of sp³-hybridized carbons (Fsp3) is 0.269.